The molecule has 30 heavy (non-hydrogen) atoms. The second-order valence-electron chi connectivity index (χ2n) is 7.75. The lowest BCUT2D eigenvalue weighted by atomic mass is 10.1. The van der Waals surface area contributed by atoms with Crippen molar-refractivity contribution in [2.75, 3.05) is 5.32 Å². The second-order valence-corrected chi connectivity index (χ2v) is 7.75. The van der Waals surface area contributed by atoms with Crippen LogP contribution in [-0.4, -0.2) is 30.4 Å². The molecule has 2 aromatic heterocycles. The van der Waals surface area contributed by atoms with E-state index in [0.29, 0.717) is 5.78 Å². The van der Waals surface area contributed by atoms with Gasteiger partial charge in [0.25, 0.3) is 11.7 Å². The average Bonchev–Trinajstić information content (AvgIpc) is 3.32. The SMILES string of the molecule is Cc1cc(C)n2nc(C(=O)Nc3ccc4c(c3)CN(Cc3ccccc3)C4)nc2n1. The van der Waals surface area contributed by atoms with Crippen LogP contribution in [0.25, 0.3) is 5.78 Å². The van der Waals surface area contributed by atoms with E-state index in [9.17, 15) is 4.79 Å². The highest BCUT2D eigenvalue weighted by atomic mass is 16.2. The van der Waals surface area contributed by atoms with E-state index in [4.69, 9.17) is 0 Å². The lowest BCUT2D eigenvalue weighted by molar-refractivity contribution is 0.101. The number of aryl methyl sites for hydroxylation is 2. The first-order valence-electron chi connectivity index (χ1n) is 9.95. The molecule has 1 aliphatic heterocycles. The van der Waals surface area contributed by atoms with E-state index in [1.54, 1.807) is 4.52 Å². The Bertz CT molecular complexity index is 1250. The highest BCUT2D eigenvalue weighted by Gasteiger charge is 2.20. The number of benzene rings is 2. The van der Waals surface area contributed by atoms with Crippen molar-refractivity contribution >= 4 is 17.4 Å². The van der Waals surface area contributed by atoms with Crippen molar-refractivity contribution in [3.05, 3.63) is 88.5 Å². The van der Waals surface area contributed by atoms with Gasteiger partial charge in [0, 0.05) is 36.7 Å². The zero-order chi connectivity index (χ0) is 20.7. The van der Waals surface area contributed by atoms with Crippen LogP contribution in [0.4, 0.5) is 5.69 Å². The number of carbonyl (C=O) groups is 1. The average molecular weight is 398 g/mol. The number of amides is 1. The molecule has 0 saturated carbocycles. The molecule has 0 spiro atoms. The van der Waals surface area contributed by atoms with Crippen LogP contribution in [0.5, 0.6) is 0 Å². The minimum absolute atomic E-state index is 0.113. The van der Waals surface area contributed by atoms with Crippen molar-refractivity contribution in [1.29, 1.82) is 0 Å². The van der Waals surface area contributed by atoms with Crippen LogP contribution < -0.4 is 5.32 Å². The number of hydrogen-bond donors (Lipinski definition) is 1. The summed E-state index contributed by atoms with van der Waals surface area (Å²) in [6.07, 6.45) is 0. The Kier molecular flexibility index (Phi) is 4.52. The molecule has 1 aliphatic rings. The predicted molar refractivity (Wildman–Crippen MR) is 114 cm³/mol. The van der Waals surface area contributed by atoms with E-state index in [0.717, 1.165) is 36.7 Å². The number of anilines is 1. The highest BCUT2D eigenvalue weighted by molar-refractivity contribution is 6.01. The Labute approximate surface area is 174 Å². The van der Waals surface area contributed by atoms with Gasteiger partial charge in [-0.15, -0.1) is 5.10 Å². The number of carbonyl (C=O) groups excluding carboxylic acids is 1. The second kappa shape index (κ2) is 7.35. The van der Waals surface area contributed by atoms with Gasteiger partial charge < -0.3 is 5.32 Å². The zero-order valence-electron chi connectivity index (χ0n) is 17.0. The normalized spacial score (nSPS) is 13.5. The number of fused-ring (bicyclic) bond motifs is 2. The molecule has 0 radical (unpaired) electrons. The maximum Gasteiger partial charge on any atom is 0.295 e. The molecule has 4 aromatic rings. The third kappa shape index (κ3) is 3.55. The summed E-state index contributed by atoms with van der Waals surface area (Å²) in [6.45, 7) is 6.50. The van der Waals surface area contributed by atoms with Crippen molar-refractivity contribution in [2.45, 2.75) is 33.5 Å². The van der Waals surface area contributed by atoms with Gasteiger partial charge in [-0.3, -0.25) is 9.69 Å². The molecule has 0 unspecified atom stereocenters. The molecule has 2 aromatic carbocycles. The van der Waals surface area contributed by atoms with Crippen molar-refractivity contribution in [2.24, 2.45) is 0 Å². The van der Waals surface area contributed by atoms with Crippen molar-refractivity contribution < 1.29 is 4.79 Å². The fourth-order valence-electron chi connectivity index (χ4n) is 3.95. The van der Waals surface area contributed by atoms with Crippen LogP contribution in [0.15, 0.2) is 54.6 Å². The van der Waals surface area contributed by atoms with Gasteiger partial charge in [-0.05, 0) is 48.7 Å². The van der Waals surface area contributed by atoms with Crippen LogP contribution in [0.2, 0.25) is 0 Å². The summed E-state index contributed by atoms with van der Waals surface area (Å²) in [6, 6.07) is 18.4. The molecule has 7 heteroatoms. The number of rotatable bonds is 4. The van der Waals surface area contributed by atoms with Gasteiger partial charge in [0.2, 0.25) is 5.82 Å². The lowest BCUT2D eigenvalue weighted by Gasteiger charge is -2.14. The highest BCUT2D eigenvalue weighted by Crippen LogP contribution is 2.27. The number of hydrogen-bond acceptors (Lipinski definition) is 5. The Morgan fingerprint density at radius 2 is 1.80 bits per heavy atom. The first-order chi connectivity index (χ1) is 14.5. The van der Waals surface area contributed by atoms with Crippen LogP contribution in [0.1, 0.15) is 38.7 Å². The van der Waals surface area contributed by atoms with E-state index < -0.39 is 0 Å². The van der Waals surface area contributed by atoms with Crippen molar-refractivity contribution in [3.63, 3.8) is 0 Å². The Hall–Kier alpha value is -3.58. The molecular formula is C23H22N6O. The quantitative estimate of drug-likeness (QED) is 0.569. The molecule has 0 atom stereocenters. The molecule has 7 nitrogen and oxygen atoms in total. The topological polar surface area (TPSA) is 75.4 Å². The van der Waals surface area contributed by atoms with Gasteiger partial charge >= 0.3 is 0 Å². The van der Waals surface area contributed by atoms with Crippen molar-refractivity contribution in [3.8, 4) is 0 Å². The number of aromatic nitrogens is 4. The summed E-state index contributed by atoms with van der Waals surface area (Å²) >= 11 is 0. The third-order valence-corrected chi connectivity index (χ3v) is 5.32. The summed E-state index contributed by atoms with van der Waals surface area (Å²) in [5, 5.41) is 7.23. The lowest BCUT2D eigenvalue weighted by Crippen LogP contribution is -2.15. The Morgan fingerprint density at radius 3 is 2.63 bits per heavy atom. The molecule has 1 N–H and O–H groups in total. The number of nitrogens with one attached hydrogen (secondary N) is 1. The minimum Gasteiger partial charge on any atom is -0.319 e. The van der Waals surface area contributed by atoms with E-state index in [1.165, 1.54) is 16.7 Å². The molecule has 0 saturated heterocycles. The smallest absolute Gasteiger partial charge is 0.295 e. The maximum atomic E-state index is 12.7. The maximum absolute atomic E-state index is 12.7. The largest absolute Gasteiger partial charge is 0.319 e. The molecule has 0 aliphatic carbocycles. The molecular weight excluding hydrogens is 376 g/mol. The van der Waals surface area contributed by atoms with E-state index in [1.807, 2.05) is 38.1 Å². The summed E-state index contributed by atoms with van der Waals surface area (Å²) in [4.78, 5) is 23.7. The summed E-state index contributed by atoms with van der Waals surface area (Å²) in [5.41, 5.74) is 6.32. The minimum atomic E-state index is -0.336. The number of nitrogens with zero attached hydrogens (tertiary/aromatic N) is 5. The first-order valence-corrected chi connectivity index (χ1v) is 9.95. The van der Waals surface area contributed by atoms with Crippen LogP contribution in [0.3, 0.4) is 0 Å². The fourth-order valence-corrected chi connectivity index (χ4v) is 3.95. The third-order valence-electron chi connectivity index (χ3n) is 5.32. The van der Waals surface area contributed by atoms with Gasteiger partial charge in [-0.25, -0.2) is 9.50 Å². The summed E-state index contributed by atoms with van der Waals surface area (Å²) in [5.74, 6) is 0.210. The van der Waals surface area contributed by atoms with Gasteiger partial charge in [-0.1, -0.05) is 36.4 Å². The van der Waals surface area contributed by atoms with Crippen LogP contribution >= 0.6 is 0 Å². The van der Waals surface area contributed by atoms with Gasteiger partial charge in [-0.2, -0.15) is 4.98 Å². The van der Waals surface area contributed by atoms with Gasteiger partial charge in [0.15, 0.2) is 0 Å². The van der Waals surface area contributed by atoms with E-state index in [2.05, 4.69) is 55.6 Å². The molecule has 3 heterocycles. The van der Waals surface area contributed by atoms with Gasteiger partial charge in [0.05, 0.1) is 0 Å². The predicted octanol–water partition coefficient (Wildman–Crippen LogP) is 3.51. The monoisotopic (exact) mass is 398 g/mol. The molecule has 1 amide bonds. The Morgan fingerprint density at radius 1 is 1.00 bits per heavy atom. The molecule has 0 bridgehead atoms. The van der Waals surface area contributed by atoms with Crippen LogP contribution in [0, 0.1) is 13.8 Å². The van der Waals surface area contributed by atoms with Crippen LogP contribution in [-0.2, 0) is 19.6 Å². The molecule has 5 rings (SSSR count). The fraction of sp³-hybridized carbons (Fsp3) is 0.217. The van der Waals surface area contributed by atoms with Gasteiger partial charge in [0.1, 0.15) is 0 Å². The molecule has 150 valence electrons. The van der Waals surface area contributed by atoms with Crippen molar-refractivity contribution in [1.82, 2.24) is 24.5 Å². The standard InChI is InChI=1S/C23H22N6O/c1-15-10-16(2)29-23(24-15)26-21(27-29)22(30)25-20-9-8-18-13-28(14-19(18)11-20)12-17-6-4-3-5-7-17/h3-11H,12-14H2,1-2H3,(H,25,30). The summed E-state index contributed by atoms with van der Waals surface area (Å²) in [7, 11) is 0. The van der Waals surface area contributed by atoms with E-state index in [-0.39, 0.29) is 11.7 Å². The first kappa shape index (κ1) is 18.4. The molecule has 0 fully saturated rings. The summed E-state index contributed by atoms with van der Waals surface area (Å²) < 4.78 is 1.59. The van der Waals surface area contributed by atoms with E-state index >= 15 is 0 Å². The Balaban J connectivity index is 1.31. The zero-order valence-corrected chi connectivity index (χ0v) is 17.0.